The quantitative estimate of drug-likeness (QED) is 0.913. The first kappa shape index (κ1) is 13.8. The zero-order valence-corrected chi connectivity index (χ0v) is 12.7. The minimum absolute atomic E-state index is 1.02. The van der Waals surface area contributed by atoms with E-state index in [-0.39, 0.29) is 0 Å². The van der Waals surface area contributed by atoms with Crippen molar-refractivity contribution in [1.29, 1.82) is 0 Å². The first-order valence-corrected chi connectivity index (χ1v) is 7.22. The van der Waals surface area contributed by atoms with Crippen molar-refractivity contribution < 1.29 is 0 Å². The third kappa shape index (κ3) is 3.67. The van der Waals surface area contributed by atoms with E-state index in [1.807, 2.05) is 6.20 Å². The van der Waals surface area contributed by atoms with Crippen molar-refractivity contribution in [3.8, 4) is 0 Å². The smallest absolute Gasteiger partial charge is 0.128 e. The predicted octanol–water partition coefficient (Wildman–Crippen LogP) is 1.49. The van der Waals surface area contributed by atoms with E-state index in [0.29, 0.717) is 0 Å². The maximum Gasteiger partial charge on any atom is 0.128 e. The molecule has 2 rings (SSSR count). The van der Waals surface area contributed by atoms with Crippen LogP contribution in [-0.2, 0) is 0 Å². The molecule has 0 unspecified atom stereocenters. The monoisotopic (exact) mass is 312 g/mol. The molecule has 1 aromatic rings. The zero-order chi connectivity index (χ0) is 13.0. The van der Waals surface area contributed by atoms with Crippen molar-refractivity contribution in [2.75, 3.05) is 51.2 Å². The summed E-state index contributed by atoms with van der Waals surface area (Å²) >= 11 is 3.48. The Morgan fingerprint density at radius 1 is 1.44 bits per heavy atom. The van der Waals surface area contributed by atoms with Crippen LogP contribution in [0.25, 0.3) is 0 Å². The summed E-state index contributed by atoms with van der Waals surface area (Å²) in [5.74, 6) is 1.05. The molecular formula is C13H21BrN4. The largest absolute Gasteiger partial charge is 0.358 e. The summed E-state index contributed by atoms with van der Waals surface area (Å²) in [6.45, 7) is 8.75. The van der Waals surface area contributed by atoms with Gasteiger partial charge in [-0.25, -0.2) is 4.98 Å². The highest BCUT2D eigenvalue weighted by Crippen LogP contribution is 2.19. The van der Waals surface area contributed by atoms with Gasteiger partial charge in [0.1, 0.15) is 5.82 Å². The number of rotatable bonds is 4. The fourth-order valence-corrected chi connectivity index (χ4v) is 2.29. The molecule has 1 fully saturated rings. The van der Waals surface area contributed by atoms with Crippen LogP contribution in [0.1, 0.15) is 5.56 Å². The molecule has 18 heavy (non-hydrogen) atoms. The SMILES string of the molecule is Cc1cc(N(C)CCN2CCNCC2)ncc1Br. The number of nitrogens with one attached hydrogen (secondary N) is 1. The molecule has 0 amide bonds. The van der Waals surface area contributed by atoms with Crippen LogP contribution in [0.4, 0.5) is 5.82 Å². The number of aryl methyl sites for hydroxylation is 1. The van der Waals surface area contributed by atoms with Crippen molar-refractivity contribution in [3.05, 3.63) is 22.3 Å². The van der Waals surface area contributed by atoms with E-state index in [1.54, 1.807) is 0 Å². The summed E-state index contributed by atoms with van der Waals surface area (Å²) in [5, 5.41) is 3.37. The number of piperazine rings is 1. The van der Waals surface area contributed by atoms with Gasteiger partial charge in [-0.1, -0.05) is 0 Å². The molecule has 0 bridgehead atoms. The molecule has 1 aromatic heterocycles. The number of aromatic nitrogens is 1. The standard InChI is InChI=1S/C13H21BrN4/c1-11-9-13(16-10-12(11)14)17(2)7-8-18-5-3-15-4-6-18/h9-10,15H,3-8H2,1-2H3. The molecule has 1 aliphatic rings. The van der Waals surface area contributed by atoms with Crippen molar-refractivity contribution in [1.82, 2.24) is 15.2 Å². The van der Waals surface area contributed by atoms with E-state index in [4.69, 9.17) is 0 Å². The maximum absolute atomic E-state index is 4.45. The molecular weight excluding hydrogens is 292 g/mol. The lowest BCUT2D eigenvalue weighted by Gasteiger charge is -2.29. The van der Waals surface area contributed by atoms with Crippen molar-refractivity contribution in [2.45, 2.75) is 6.92 Å². The zero-order valence-electron chi connectivity index (χ0n) is 11.1. The van der Waals surface area contributed by atoms with Crippen LogP contribution < -0.4 is 10.2 Å². The fourth-order valence-electron chi connectivity index (χ4n) is 2.07. The van der Waals surface area contributed by atoms with Crippen LogP contribution in [0.2, 0.25) is 0 Å². The number of anilines is 1. The summed E-state index contributed by atoms with van der Waals surface area (Å²) in [5.41, 5.74) is 1.23. The van der Waals surface area contributed by atoms with Gasteiger partial charge in [-0.2, -0.15) is 0 Å². The highest BCUT2D eigenvalue weighted by Gasteiger charge is 2.11. The molecule has 1 N–H and O–H groups in total. The molecule has 0 atom stereocenters. The van der Waals surface area contributed by atoms with Gasteiger partial charge in [0, 0.05) is 57.0 Å². The van der Waals surface area contributed by atoms with Gasteiger partial charge in [0.15, 0.2) is 0 Å². The first-order valence-electron chi connectivity index (χ1n) is 6.43. The predicted molar refractivity (Wildman–Crippen MR) is 79.3 cm³/mol. The van der Waals surface area contributed by atoms with Gasteiger partial charge in [-0.05, 0) is 34.5 Å². The third-order valence-electron chi connectivity index (χ3n) is 3.38. The van der Waals surface area contributed by atoms with E-state index >= 15 is 0 Å². The molecule has 2 heterocycles. The van der Waals surface area contributed by atoms with Crippen molar-refractivity contribution in [2.24, 2.45) is 0 Å². The number of hydrogen-bond donors (Lipinski definition) is 1. The van der Waals surface area contributed by atoms with Gasteiger partial charge in [-0.3, -0.25) is 4.90 Å². The first-order chi connectivity index (χ1) is 8.66. The summed E-state index contributed by atoms with van der Waals surface area (Å²) < 4.78 is 1.07. The lowest BCUT2D eigenvalue weighted by Crippen LogP contribution is -2.46. The molecule has 0 aliphatic carbocycles. The van der Waals surface area contributed by atoms with Crippen LogP contribution in [0.3, 0.4) is 0 Å². The van der Waals surface area contributed by atoms with E-state index < -0.39 is 0 Å². The van der Waals surface area contributed by atoms with Crippen molar-refractivity contribution in [3.63, 3.8) is 0 Å². The number of likely N-dealkylation sites (N-methyl/N-ethyl adjacent to an activating group) is 1. The Morgan fingerprint density at radius 2 is 2.17 bits per heavy atom. The minimum atomic E-state index is 1.02. The second-order valence-electron chi connectivity index (χ2n) is 4.80. The highest BCUT2D eigenvalue weighted by molar-refractivity contribution is 9.10. The van der Waals surface area contributed by atoms with E-state index in [1.165, 1.54) is 5.56 Å². The summed E-state index contributed by atoms with van der Waals surface area (Å²) in [7, 11) is 2.11. The van der Waals surface area contributed by atoms with Crippen molar-refractivity contribution >= 4 is 21.7 Å². The molecule has 1 aliphatic heterocycles. The van der Waals surface area contributed by atoms with E-state index in [0.717, 1.165) is 49.6 Å². The van der Waals surface area contributed by atoms with Gasteiger partial charge >= 0.3 is 0 Å². The Hall–Kier alpha value is -0.650. The molecule has 4 nitrogen and oxygen atoms in total. The van der Waals surface area contributed by atoms with Gasteiger partial charge in [-0.15, -0.1) is 0 Å². The Bertz CT molecular complexity index is 391. The lowest BCUT2D eigenvalue weighted by atomic mass is 10.3. The number of hydrogen-bond acceptors (Lipinski definition) is 4. The Balaban J connectivity index is 1.86. The number of nitrogens with zero attached hydrogens (tertiary/aromatic N) is 3. The average Bonchev–Trinajstić information content (AvgIpc) is 2.40. The minimum Gasteiger partial charge on any atom is -0.358 e. The molecule has 0 radical (unpaired) electrons. The van der Waals surface area contributed by atoms with Gasteiger partial charge < -0.3 is 10.2 Å². The van der Waals surface area contributed by atoms with Gasteiger partial charge in [0.25, 0.3) is 0 Å². The Labute approximate surface area is 118 Å². The summed E-state index contributed by atoms with van der Waals surface area (Å²) in [4.78, 5) is 9.17. The topological polar surface area (TPSA) is 31.4 Å². The van der Waals surface area contributed by atoms with E-state index in [2.05, 4.69) is 56.1 Å². The fraction of sp³-hybridized carbons (Fsp3) is 0.615. The van der Waals surface area contributed by atoms with Gasteiger partial charge in [0.05, 0.1) is 0 Å². The third-order valence-corrected chi connectivity index (χ3v) is 4.22. The Kier molecular flexibility index (Phi) is 4.97. The molecule has 0 aromatic carbocycles. The summed E-state index contributed by atoms with van der Waals surface area (Å²) in [6, 6.07) is 2.13. The van der Waals surface area contributed by atoms with Crippen LogP contribution in [0.5, 0.6) is 0 Å². The molecule has 5 heteroatoms. The average molecular weight is 313 g/mol. The molecule has 0 saturated carbocycles. The second kappa shape index (κ2) is 6.50. The van der Waals surface area contributed by atoms with Gasteiger partial charge in [0.2, 0.25) is 0 Å². The Morgan fingerprint density at radius 3 is 2.83 bits per heavy atom. The number of halogens is 1. The molecule has 100 valence electrons. The normalized spacial score (nSPS) is 16.8. The second-order valence-corrected chi connectivity index (χ2v) is 5.66. The van der Waals surface area contributed by atoms with Crippen LogP contribution >= 0.6 is 15.9 Å². The number of pyridine rings is 1. The van der Waals surface area contributed by atoms with Crippen LogP contribution in [0, 0.1) is 6.92 Å². The van der Waals surface area contributed by atoms with Crippen LogP contribution in [0.15, 0.2) is 16.7 Å². The maximum atomic E-state index is 4.45. The van der Waals surface area contributed by atoms with Crippen LogP contribution in [-0.4, -0.2) is 56.2 Å². The van der Waals surface area contributed by atoms with E-state index in [9.17, 15) is 0 Å². The molecule has 1 saturated heterocycles. The molecule has 0 spiro atoms. The lowest BCUT2D eigenvalue weighted by molar-refractivity contribution is 0.246. The summed E-state index contributed by atoms with van der Waals surface area (Å²) in [6.07, 6.45) is 1.88. The highest BCUT2D eigenvalue weighted by atomic mass is 79.9.